The number of carbonyl (C=O) groups excluding carboxylic acids is 3. The lowest BCUT2D eigenvalue weighted by Crippen LogP contribution is -2.34. The first-order valence-electron chi connectivity index (χ1n) is 31.0. The maximum Gasteiger partial charge on any atom is 0.413 e. The van der Waals surface area contributed by atoms with E-state index < -0.39 is 29.5 Å². The van der Waals surface area contributed by atoms with Gasteiger partial charge in [-0.25, -0.2) is 57.1 Å². The minimum atomic E-state index is -1.25. The molecular formula is C64H67ClN24O11. The van der Waals surface area contributed by atoms with Crippen molar-refractivity contribution in [1.29, 1.82) is 0 Å². The van der Waals surface area contributed by atoms with Crippen molar-refractivity contribution in [3.63, 3.8) is 0 Å². The van der Waals surface area contributed by atoms with E-state index in [1.807, 2.05) is 32.0 Å². The summed E-state index contributed by atoms with van der Waals surface area (Å²) >= 11 is 6.60. The highest BCUT2D eigenvalue weighted by Crippen LogP contribution is 2.35. The number of ether oxygens (including phenoxy) is 8. The van der Waals surface area contributed by atoms with Gasteiger partial charge in [-0.2, -0.15) is 15.0 Å². The third-order valence-corrected chi connectivity index (χ3v) is 15.1. The smallest absolute Gasteiger partial charge is 0.413 e. The Morgan fingerprint density at radius 3 is 1.44 bits per heavy atom. The molecule has 0 atom stereocenters. The standard InChI is InChI=1S/C64H67ClN24O11/c1-12-25-94-47-23-16-21-45-53(47)74-59(89(45)56-77-80-83-86(56)10)95-33-39-17-13-24-48(66-39)69-61(91)99-63(4,5)31-38-27-41(35-97-58-73-52-44(20-15-22-46(52)93-11)88(58)55-76-79-82-85(55)9)68-50(29-38)71-62(92)100-64(6,7)30-37-26-40(67-49(28-37)70-60(90)98-32-36(2)3)34-96-57-72-51-42(65)18-14-19-43(51)87(57)54-75-78-81-84(54)8/h12-24,26-29,36H,1,25,30-35H2,2-11H3,(H,66,69,91)(H,67,70,90)(H,68,71,92). The largest absolute Gasteiger partial charge is 0.494 e. The Labute approximate surface area is 573 Å². The summed E-state index contributed by atoms with van der Waals surface area (Å²) in [4.78, 5) is 69.6. The van der Waals surface area contributed by atoms with Crippen LogP contribution >= 0.6 is 11.6 Å². The highest BCUT2D eigenvalue weighted by atomic mass is 35.5. The van der Waals surface area contributed by atoms with Crippen LogP contribution in [0.2, 0.25) is 5.02 Å². The van der Waals surface area contributed by atoms with Crippen molar-refractivity contribution in [2.45, 2.75) is 85.4 Å². The lowest BCUT2D eigenvalue weighted by Gasteiger charge is -2.26. The van der Waals surface area contributed by atoms with Gasteiger partial charge >= 0.3 is 36.3 Å². The van der Waals surface area contributed by atoms with Gasteiger partial charge in [0.15, 0.2) is 0 Å². The minimum Gasteiger partial charge on any atom is -0.494 e. The number of imidazole rings is 3. The molecular weight excluding hydrogens is 1320 g/mol. The number of carbonyl (C=O) groups is 3. The van der Waals surface area contributed by atoms with Gasteiger partial charge in [0.1, 0.15) is 83.1 Å². The molecule has 3 amide bonds. The number of hydrogen-bond acceptors (Lipinski definition) is 26. The summed E-state index contributed by atoms with van der Waals surface area (Å²) in [5.74, 6) is 2.31. The Morgan fingerprint density at radius 1 is 0.530 bits per heavy atom. The first-order chi connectivity index (χ1) is 48.1. The topological polar surface area (TPSA) is 384 Å². The third kappa shape index (κ3) is 15.4. The Kier molecular flexibility index (Phi) is 19.4. The molecule has 9 heterocycles. The summed E-state index contributed by atoms with van der Waals surface area (Å²) in [5.41, 5.74) is 2.97. The molecule has 3 aromatic carbocycles. The average molecular weight is 1380 g/mol. The number of nitrogens with zero attached hydrogens (tertiary/aromatic N) is 21. The number of fused-ring (bicyclic) bond motifs is 3. The molecule has 0 unspecified atom stereocenters. The number of pyridine rings is 3. The zero-order chi connectivity index (χ0) is 70.4. The lowest BCUT2D eigenvalue weighted by atomic mass is 9.98. The molecule has 100 heavy (non-hydrogen) atoms. The normalized spacial score (nSPS) is 11.7. The number of tetrazole rings is 3. The summed E-state index contributed by atoms with van der Waals surface area (Å²) in [7, 11) is 6.56. The number of aryl methyl sites for hydroxylation is 3. The first kappa shape index (κ1) is 67.5. The summed E-state index contributed by atoms with van der Waals surface area (Å²) in [6, 6.07) is 28.2. The van der Waals surface area contributed by atoms with Crippen LogP contribution in [-0.2, 0) is 68.0 Å². The van der Waals surface area contributed by atoms with E-state index in [-0.39, 0.29) is 87.3 Å². The second-order valence-corrected chi connectivity index (χ2v) is 24.7. The van der Waals surface area contributed by atoms with Crippen molar-refractivity contribution in [1.82, 2.24) is 104 Å². The minimum absolute atomic E-state index is 0.0532. The maximum absolute atomic E-state index is 14.3. The monoisotopic (exact) mass is 1380 g/mol. The second-order valence-electron chi connectivity index (χ2n) is 24.3. The van der Waals surface area contributed by atoms with E-state index in [1.165, 1.54) is 21.2 Å². The molecule has 0 saturated heterocycles. The summed E-state index contributed by atoms with van der Waals surface area (Å²) in [6.45, 7) is 14.4. The number of amides is 3. The molecule has 0 aliphatic rings. The SMILES string of the molecule is C=CCOc1cccc2c1nc(OCc1cccc(NC(=O)OC(C)(C)Cc3cc(COc4nc5c(OC)cccc5n4-c4nnnn4C)nc(NC(=O)OC(C)(C)Cc4cc(COc5nc6c(Cl)cccc6n5-c5nnnn5C)nc(NC(=O)OCC(C)C)c4)c3)n1)n2-c1nnnn1C. The number of hydrogen-bond donors (Lipinski definition) is 3. The van der Waals surface area contributed by atoms with Crippen LogP contribution < -0.4 is 39.6 Å². The van der Waals surface area contributed by atoms with Gasteiger partial charge in [-0.1, -0.05) is 77.7 Å². The van der Waals surface area contributed by atoms with Crippen LogP contribution in [0.5, 0.6) is 29.5 Å². The first-order valence-corrected chi connectivity index (χ1v) is 31.4. The van der Waals surface area contributed by atoms with Gasteiger partial charge in [0, 0.05) is 34.0 Å². The van der Waals surface area contributed by atoms with E-state index in [0.29, 0.717) is 95.7 Å². The van der Waals surface area contributed by atoms with Crippen molar-refractivity contribution < 1.29 is 52.3 Å². The van der Waals surface area contributed by atoms with Crippen LogP contribution in [0, 0.1) is 5.92 Å². The van der Waals surface area contributed by atoms with Gasteiger partial charge in [0.25, 0.3) is 17.8 Å². The number of methoxy groups -OCH3 is 1. The van der Waals surface area contributed by atoms with Crippen LogP contribution in [-0.4, -0.2) is 154 Å². The summed E-state index contributed by atoms with van der Waals surface area (Å²) in [6.07, 6.45) is -0.634. The highest BCUT2D eigenvalue weighted by Gasteiger charge is 2.30. The number of benzene rings is 3. The molecule has 9 aromatic heterocycles. The Morgan fingerprint density at radius 2 is 0.960 bits per heavy atom. The number of rotatable bonds is 27. The fourth-order valence-corrected chi connectivity index (χ4v) is 10.9. The molecule has 0 radical (unpaired) electrons. The van der Waals surface area contributed by atoms with Crippen LogP contribution in [0.3, 0.4) is 0 Å². The van der Waals surface area contributed by atoms with Crippen molar-refractivity contribution in [2.75, 3.05) is 36.3 Å². The van der Waals surface area contributed by atoms with Gasteiger partial charge in [0.05, 0.1) is 52.4 Å². The predicted octanol–water partition coefficient (Wildman–Crippen LogP) is 8.77. The quantitative estimate of drug-likeness (QED) is 0.0320. The molecule has 35 nitrogen and oxygen atoms in total. The molecule has 0 spiro atoms. The Hall–Kier alpha value is -12.4. The molecule has 0 aliphatic heterocycles. The predicted molar refractivity (Wildman–Crippen MR) is 359 cm³/mol. The number of anilines is 3. The van der Waals surface area contributed by atoms with E-state index in [0.717, 1.165) is 0 Å². The van der Waals surface area contributed by atoms with Gasteiger partial charge in [0.2, 0.25) is 0 Å². The number of aromatic nitrogens is 21. The highest BCUT2D eigenvalue weighted by molar-refractivity contribution is 6.35. The third-order valence-electron chi connectivity index (χ3n) is 14.8. The fourth-order valence-electron chi connectivity index (χ4n) is 10.7. The molecule has 12 aromatic rings. The van der Waals surface area contributed by atoms with E-state index >= 15 is 0 Å². The molecule has 3 N–H and O–H groups in total. The van der Waals surface area contributed by atoms with Gasteiger partial charge in [-0.3, -0.25) is 16.0 Å². The van der Waals surface area contributed by atoms with Gasteiger partial charge in [-0.05, 0) is 149 Å². The molecule has 516 valence electrons. The fraction of sp³-hybridized carbons (Fsp3) is 0.312. The van der Waals surface area contributed by atoms with E-state index in [4.69, 9.17) is 64.4 Å². The average Bonchev–Trinajstić information content (AvgIpc) is 1.62. The Balaban J connectivity index is 0.776. The summed E-state index contributed by atoms with van der Waals surface area (Å²) < 4.78 is 57.6. The second kappa shape index (κ2) is 28.7. The molecule has 0 fully saturated rings. The zero-order valence-electron chi connectivity index (χ0n) is 55.8. The van der Waals surface area contributed by atoms with Crippen LogP contribution in [0.1, 0.15) is 69.8 Å². The summed E-state index contributed by atoms with van der Waals surface area (Å²) in [5, 5.41) is 44.7. The Bertz CT molecular complexity index is 5020. The molecule has 36 heteroatoms. The van der Waals surface area contributed by atoms with Gasteiger partial charge < -0.3 is 37.9 Å². The van der Waals surface area contributed by atoms with E-state index in [2.05, 4.69) is 84.1 Å². The van der Waals surface area contributed by atoms with Gasteiger partial charge in [-0.15, -0.1) is 0 Å². The van der Waals surface area contributed by atoms with Crippen molar-refractivity contribution in [2.24, 2.45) is 27.1 Å². The molecule has 0 bridgehead atoms. The van der Waals surface area contributed by atoms with Crippen LogP contribution in [0.25, 0.3) is 50.9 Å². The maximum atomic E-state index is 14.3. The van der Waals surface area contributed by atoms with E-state index in [9.17, 15) is 14.4 Å². The van der Waals surface area contributed by atoms with Crippen molar-refractivity contribution >= 4 is 80.4 Å². The molecule has 0 aliphatic carbocycles. The van der Waals surface area contributed by atoms with Crippen LogP contribution in [0.15, 0.2) is 110 Å². The lowest BCUT2D eigenvalue weighted by molar-refractivity contribution is 0.0486. The number of halogens is 1. The number of para-hydroxylation sites is 3. The number of nitrogens with one attached hydrogen (secondary N) is 3. The van der Waals surface area contributed by atoms with Crippen molar-refractivity contribution in [3.8, 4) is 47.4 Å². The van der Waals surface area contributed by atoms with Crippen molar-refractivity contribution in [3.05, 3.63) is 143 Å². The molecule has 0 saturated carbocycles. The molecule has 12 rings (SSSR count). The van der Waals surface area contributed by atoms with E-state index in [1.54, 1.807) is 147 Å². The zero-order valence-corrected chi connectivity index (χ0v) is 56.6. The van der Waals surface area contributed by atoms with Crippen LogP contribution in [0.4, 0.5) is 31.8 Å².